The van der Waals surface area contributed by atoms with Gasteiger partial charge in [0.1, 0.15) is 11.5 Å². The molecule has 2 heterocycles. The topological polar surface area (TPSA) is 50.2 Å². The van der Waals surface area contributed by atoms with Gasteiger partial charge in [-0.15, -0.1) is 0 Å². The fraction of sp³-hybridized carbons (Fsp3) is 0.273. The number of para-hydroxylation sites is 1. The zero-order valence-electron chi connectivity index (χ0n) is 16.1. The number of carbonyl (C=O) groups excluding carboxylic acids is 1. The van der Waals surface area contributed by atoms with Crippen LogP contribution >= 0.6 is 0 Å². The van der Waals surface area contributed by atoms with E-state index in [-0.39, 0.29) is 11.7 Å². The predicted octanol–water partition coefficient (Wildman–Crippen LogP) is 4.48. The minimum absolute atomic E-state index is 0.256. The maximum Gasteiger partial charge on any atom is 0.259 e. The van der Waals surface area contributed by atoms with Gasteiger partial charge in [0.25, 0.3) is 5.91 Å². The number of anilines is 2. The molecule has 0 atom stereocenters. The van der Waals surface area contributed by atoms with E-state index >= 15 is 0 Å². The highest BCUT2D eigenvalue weighted by atomic mass is 19.1. The first-order valence-electron chi connectivity index (χ1n) is 9.51. The van der Waals surface area contributed by atoms with E-state index < -0.39 is 0 Å². The summed E-state index contributed by atoms with van der Waals surface area (Å²) >= 11 is 0. The van der Waals surface area contributed by atoms with Crippen LogP contribution in [0.3, 0.4) is 0 Å². The molecule has 0 aliphatic carbocycles. The molecule has 5 nitrogen and oxygen atoms in total. The number of aryl methyl sites for hydroxylation is 1. The van der Waals surface area contributed by atoms with Crippen molar-refractivity contribution in [3.05, 3.63) is 71.3 Å². The van der Waals surface area contributed by atoms with Crippen LogP contribution in [0, 0.1) is 19.7 Å². The molecule has 0 radical (unpaired) electrons. The molecule has 0 spiro atoms. The Hall–Kier alpha value is -3.15. The molecule has 1 aliphatic heterocycles. The third-order valence-corrected chi connectivity index (χ3v) is 5.24. The summed E-state index contributed by atoms with van der Waals surface area (Å²) in [6.07, 6.45) is 3.93. The van der Waals surface area contributed by atoms with E-state index in [4.69, 9.17) is 0 Å². The number of hydrogen-bond donors (Lipinski definition) is 1. The standard InChI is InChI=1S/C22H23FN4O/c1-15-13-17(9-10-20(15)26-11-5-6-12-26)25-22(28)18-14-24-27(16(18)2)21-8-4-3-7-19(21)23/h3-4,7-10,13-14H,5-6,11-12H2,1-2H3,(H,25,28). The van der Waals surface area contributed by atoms with Crippen LogP contribution < -0.4 is 10.2 Å². The zero-order valence-corrected chi connectivity index (χ0v) is 16.1. The van der Waals surface area contributed by atoms with E-state index in [1.165, 1.54) is 35.5 Å². The number of hydrogen-bond acceptors (Lipinski definition) is 3. The smallest absolute Gasteiger partial charge is 0.259 e. The Morgan fingerprint density at radius 1 is 1.07 bits per heavy atom. The molecule has 1 saturated heterocycles. The Morgan fingerprint density at radius 3 is 2.54 bits per heavy atom. The maximum absolute atomic E-state index is 14.1. The fourth-order valence-electron chi connectivity index (χ4n) is 3.74. The van der Waals surface area contributed by atoms with Crippen LogP contribution in [-0.4, -0.2) is 28.8 Å². The third-order valence-electron chi connectivity index (χ3n) is 5.24. The molecule has 0 saturated carbocycles. The Kier molecular flexibility index (Phi) is 4.86. The lowest BCUT2D eigenvalue weighted by Gasteiger charge is -2.20. The second kappa shape index (κ2) is 7.46. The number of nitrogens with zero attached hydrogens (tertiary/aromatic N) is 3. The van der Waals surface area contributed by atoms with Crippen molar-refractivity contribution in [3.63, 3.8) is 0 Å². The van der Waals surface area contributed by atoms with Gasteiger partial charge in [-0.3, -0.25) is 4.79 Å². The van der Waals surface area contributed by atoms with Crippen molar-refractivity contribution in [1.82, 2.24) is 9.78 Å². The van der Waals surface area contributed by atoms with Crippen LogP contribution in [0.25, 0.3) is 5.69 Å². The van der Waals surface area contributed by atoms with Gasteiger partial charge in [0.05, 0.1) is 17.5 Å². The van der Waals surface area contributed by atoms with E-state index in [0.717, 1.165) is 24.3 Å². The second-order valence-corrected chi connectivity index (χ2v) is 7.16. The summed E-state index contributed by atoms with van der Waals surface area (Å²) in [6, 6.07) is 12.4. The highest BCUT2D eigenvalue weighted by molar-refractivity contribution is 6.05. The number of benzene rings is 2. The number of nitrogens with one attached hydrogen (secondary N) is 1. The molecule has 1 N–H and O–H groups in total. The molecule has 6 heteroatoms. The second-order valence-electron chi connectivity index (χ2n) is 7.16. The molecule has 3 aromatic rings. The van der Waals surface area contributed by atoms with Crippen LogP contribution in [0.1, 0.15) is 34.5 Å². The molecule has 144 valence electrons. The first kappa shape index (κ1) is 18.2. The number of rotatable bonds is 4. The van der Waals surface area contributed by atoms with Gasteiger partial charge in [-0.1, -0.05) is 12.1 Å². The van der Waals surface area contributed by atoms with Gasteiger partial charge < -0.3 is 10.2 Å². The SMILES string of the molecule is Cc1cc(NC(=O)c2cnn(-c3ccccc3F)c2C)ccc1N1CCCC1. The summed E-state index contributed by atoms with van der Waals surface area (Å²) < 4.78 is 15.5. The van der Waals surface area contributed by atoms with Gasteiger partial charge >= 0.3 is 0 Å². The van der Waals surface area contributed by atoms with Crippen molar-refractivity contribution in [2.24, 2.45) is 0 Å². The van der Waals surface area contributed by atoms with Gasteiger partial charge in [-0.25, -0.2) is 9.07 Å². The van der Waals surface area contributed by atoms with E-state index in [1.54, 1.807) is 25.1 Å². The molecule has 0 unspecified atom stereocenters. The quantitative estimate of drug-likeness (QED) is 0.728. The van der Waals surface area contributed by atoms with Gasteiger partial charge in [-0.05, 0) is 62.6 Å². The first-order chi connectivity index (χ1) is 13.5. The van der Waals surface area contributed by atoms with Crippen molar-refractivity contribution in [2.45, 2.75) is 26.7 Å². The number of aromatic nitrogens is 2. The fourth-order valence-corrected chi connectivity index (χ4v) is 3.74. The van der Waals surface area contributed by atoms with Crippen LogP contribution in [0.4, 0.5) is 15.8 Å². The molecule has 1 amide bonds. The maximum atomic E-state index is 14.1. The van der Waals surface area contributed by atoms with Crippen molar-refractivity contribution in [1.29, 1.82) is 0 Å². The predicted molar refractivity (Wildman–Crippen MR) is 109 cm³/mol. The summed E-state index contributed by atoms with van der Waals surface area (Å²) in [4.78, 5) is 15.1. The lowest BCUT2D eigenvalue weighted by atomic mass is 10.1. The van der Waals surface area contributed by atoms with Gasteiger partial charge in [-0.2, -0.15) is 5.10 Å². The summed E-state index contributed by atoms with van der Waals surface area (Å²) in [5, 5.41) is 7.14. The summed E-state index contributed by atoms with van der Waals surface area (Å²) in [5.41, 5.74) is 4.43. The normalized spacial score (nSPS) is 13.8. The Labute approximate surface area is 163 Å². The summed E-state index contributed by atoms with van der Waals surface area (Å²) in [7, 11) is 0. The van der Waals surface area contributed by atoms with E-state index in [2.05, 4.69) is 28.3 Å². The van der Waals surface area contributed by atoms with E-state index in [9.17, 15) is 9.18 Å². The average molecular weight is 378 g/mol. The van der Waals surface area contributed by atoms with Crippen LogP contribution in [0.15, 0.2) is 48.7 Å². The molecular weight excluding hydrogens is 355 g/mol. The lowest BCUT2D eigenvalue weighted by molar-refractivity contribution is 0.102. The monoisotopic (exact) mass is 378 g/mol. The van der Waals surface area contributed by atoms with Crippen molar-refractivity contribution >= 4 is 17.3 Å². The lowest BCUT2D eigenvalue weighted by Crippen LogP contribution is -2.19. The molecular formula is C22H23FN4O. The molecule has 0 bridgehead atoms. The number of carbonyl (C=O) groups is 1. The van der Waals surface area contributed by atoms with Gasteiger partial charge in [0.15, 0.2) is 0 Å². The Bertz CT molecular complexity index is 1020. The average Bonchev–Trinajstić information content (AvgIpc) is 3.32. The summed E-state index contributed by atoms with van der Waals surface area (Å²) in [5.74, 6) is -0.637. The van der Waals surface area contributed by atoms with Crippen LogP contribution in [-0.2, 0) is 0 Å². The molecule has 2 aromatic carbocycles. The largest absolute Gasteiger partial charge is 0.371 e. The minimum atomic E-state index is -0.381. The molecule has 1 aromatic heterocycles. The van der Waals surface area contributed by atoms with Crippen molar-refractivity contribution < 1.29 is 9.18 Å². The minimum Gasteiger partial charge on any atom is -0.371 e. The highest BCUT2D eigenvalue weighted by Crippen LogP contribution is 2.27. The molecule has 28 heavy (non-hydrogen) atoms. The van der Waals surface area contributed by atoms with Crippen molar-refractivity contribution in [3.8, 4) is 5.69 Å². The van der Waals surface area contributed by atoms with Gasteiger partial charge in [0.2, 0.25) is 0 Å². The summed E-state index contributed by atoms with van der Waals surface area (Å²) in [6.45, 7) is 5.99. The van der Waals surface area contributed by atoms with Crippen LogP contribution in [0.2, 0.25) is 0 Å². The number of amides is 1. The Balaban J connectivity index is 1.54. The van der Waals surface area contributed by atoms with Crippen LogP contribution in [0.5, 0.6) is 0 Å². The molecule has 1 aliphatic rings. The first-order valence-corrected chi connectivity index (χ1v) is 9.51. The molecule has 1 fully saturated rings. The van der Waals surface area contributed by atoms with Gasteiger partial charge in [0, 0.05) is 24.5 Å². The Morgan fingerprint density at radius 2 is 1.82 bits per heavy atom. The molecule has 4 rings (SSSR count). The van der Waals surface area contributed by atoms with Crippen molar-refractivity contribution in [2.75, 3.05) is 23.3 Å². The highest BCUT2D eigenvalue weighted by Gasteiger charge is 2.18. The third kappa shape index (κ3) is 3.38. The zero-order chi connectivity index (χ0) is 19.7. The van der Waals surface area contributed by atoms with E-state index in [1.807, 2.05) is 12.1 Å². The number of halogens is 1. The van der Waals surface area contributed by atoms with E-state index in [0.29, 0.717) is 16.9 Å².